The van der Waals surface area contributed by atoms with Crippen molar-refractivity contribution >= 4 is 23.4 Å². The van der Waals surface area contributed by atoms with Gasteiger partial charge in [0.2, 0.25) is 11.8 Å². The van der Waals surface area contributed by atoms with Gasteiger partial charge in [-0.3, -0.25) is 0 Å². The van der Waals surface area contributed by atoms with Crippen LogP contribution in [0.4, 0.5) is 22.1 Å². The second-order valence-corrected chi connectivity index (χ2v) is 8.73. The number of amides is 1. The number of aliphatic hydroxyl groups is 1. The maximum Gasteiger partial charge on any atom is 0.414 e. The smallest absolute Gasteiger partial charge is 0.394 e. The van der Waals surface area contributed by atoms with Crippen LogP contribution in [-0.2, 0) is 0 Å². The highest BCUT2D eigenvalue weighted by atomic mass is 16.6. The number of rotatable bonds is 8. The minimum atomic E-state index is -0.675. The Morgan fingerprint density at radius 3 is 2.69 bits per heavy atom. The second kappa shape index (κ2) is 10.9. The van der Waals surface area contributed by atoms with Crippen LogP contribution < -0.4 is 20.3 Å². The van der Waals surface area contributed by atoms with Crippen molar-refractivity contribution in [2.75, 3.05) is 30.9 Å². The Kier molecular flexibility index (Phi) is 7.50. The van der Waals surface area contributed by atoms with Crippen LogP contribution in [0.5, 0.6) is 5.88 Å². The maximum absolute atomic E-state index is 12.5. The number of aryl methyl sites for hydroxylation is 2. The molecule has 0 spiro atoms. The SMILES string of the molecule is Cc1cccc(C(CO)NC(=O)Oc2cc(-c3nc(Nc4cccc(N(C)C)c4)ncc3C)c[nH]2)c1. The Morgan fingerprint density at radius 2 is 1.94 bits per heavy atom. The van der Waals surface area contributed by atoms with E-state index in [9.17, 15) is 9.90 Å². The number of anilines is 3. The molecular formula is C27H30N6O3. The van der Waals surface area contributed by atoms with Crippen LogP contribution in [0.2, 0.25) is 0 Å². The van der Waals surface area contributed by atoms with Gasteiger partial charge in [0.15, 0.2) is 0 Å². The average molecular weight is 487 g/mol. The first-order chi connectivity index (χ1) is 17.3. The van der Waals surface area contributed by atoms with Crippen LogP contribution >= 0.6 is 0 Å². The van der Waals surface area contributed by atoms with E-state index in [1.807, 2.05) is 81.4 Å². The van der Waals surface area contributed by atoms with Crippen molar-refractivity contribution in [3.05, 3.63) is 83.7 Å². The van der Waals surface area contributed by atoms with Crippen LogP contribution in [0.25, 0.3) is 11.3 Å². The number of aliphatic hydroxyl groups excluding tert-OH is 1. The molecule has 186 valence electrons. The molecule has 1 unspecified atom stereocenters. The molecular weight excluding hydrogens is 456 g/mol. The van der Waals surface area contributed by atoms with Gasteiger partial charge in [0.1, 0.15) is 0 Å². The number of nitrogens with one attached hydrogen (secondary N) is 3. The van der Waals surface area contributed by atoms with Gasteiger partial charge < -0.3 is 30.4 Å². The number of aromatic amines is 1. The molecule has 9 nitrogen and oxygen atoms in total. The Bertz CT molecular complexity index is 1350. The molecule has 36 heavy (non-hydrogen) atoms. The fraction of sp³-hybridized carbons (Fsp3) is 0.222. The van der Waals surface area contributed by atoms with Crippen molar-refractivity contribution in [2.24, 2.45) is 0 Å². The fourth-order valence-electron chi connectivity index (χ4n) is 3.75. The molecule has 1 amide bonds. The average Bonchev–Trinajstić information content (AvgIpc) is 3.32. The number of nitrogens with zero attached hydrogens (tertiary/aromatic N) is 3. The number of H-pyrrole nitrogens is 1. The second-order valence-electron chi connectivity index (χ2n) is 8.73. The summed E-state index contributed by atoms with van der Waals surface area (Å²) >= 11 is 0. The van der Waals surface area contributed by atoms with E-state index in [-0.39, 0.29) is 12.5 Å². The molecule has 2 heterocycles. The summed E-state index contributed by atoms with van der Waals surface area (Å²) in [7, 11) is 3.97. The van der Waals surface area contributed by atoms with Crippen molar-refractivity contribution in [2.45, 2.75) is 19.9 Å². The van der Waals surface area contributed by atoms with Gasteiger partial charge in [-0.2, -0.15) is 0 Å². The highest BCUT2D eigenvalue weighted by molar-refractivity contribution is 5.72. The largest absolute Gasteiger partial charge is 0.414 e. The van der Waals surface area contributed by atoms with Crippen molar-refractivity contribution < 1.29 is 14.6 Å². The van der Waals surface area contributed by atoms with Gasteiger partial charge in [-0.1, -0.05) is 35.9 Å². The summed E-state index contributed by atoms with van der Waals surface area (Å²) in [4.78, 5) is 26.5. The first kappa shape index (κ1) is 24.7. The summed E-state index contributed by atoms with van der Waals surface area (Å²) in [6.07, 6.45) is 2.79. The number of hydrogen-bond donors (Lipinski definition) is 4. The standard InChI is InChI=1S/C27H30N6O3/c1-17-7-5-8-19(11-17)23(16-34)31-27(35)36-24-12-20(15-28-24)25-18(2)14-29-26(32-25)30-21-9-6-10-22(13-21)33(3)4/h5-15,23,28,34H,16H2,1-4H3,(H,31,35)(H,29,30,32). The first-order valence-electron chi connectivity index (χ1n) is 11.5. The summed E-state index contributed by atoms with van der Waals surface area (Å²) in [5, 5.41) is 15.7. The summed E-state index contributed by atoms with van der Waals surface area (Å²) in [5.41, 5.74) is 6.10. The molecule has 0 aliphatic heterocycles. The Labute approximate surface area is 210 Å². The quantitative estimate of drug-likeness (QED) is 0.285. The molecule has 0 saturated heterocycles. The van der Waals surface area contributed by atoms with Crippen molar-refractivity contribution in [1.82, 2.24) is 20.3 Å². The number of ether oxygens (including phenoxy) is 1. The topological polar surface area (TPSA) is 115 Å². The zero-order valence-corrected chi connectivity index (χ0v) is 20.7. The number of hydrogen-bond acceptors (Lipinski definition) is 7. The lowest BCUT2D eigenvalue weighted by Crippen LogP contribution is -2.33. The number of aromatic nitrogens is 3. The Morgan fingerprint density at radius 1 is 1.14 bits per heavy atom. The molecule has 1 atom stereocenters. The van der Waals surface area contributed by atoms with Gasteiger partial charge in [0, 0.05) is 49.5 Å². The lowest BCUT2D eigenvalue weighted by molar-refractivity contribution is 0.182. The zero-order chi connectivity index (χ0) is 25.7. The zero-order valence-electron chi connectivity index (χ0n) is 20.7. The van der Waals surface area contributed by atoms with Crippen LogP contribution in [0.3, 0.4) is 0 Å². The molecule has 0 aliphatic carbocycles. The van der Waals surface area contributed by atoms with Gasteiger partial charge >= 0.3 is 6.09 Å². The van der Waals surface area contributed by atoms with Crippen molar-refractivity contribution in [1.29, 1.82) is 0 Å². The van der Waals surface area contributed by atoms with Crippen LogP contribution in [0.1, 0.15) is 22.7 Å². The number of carbonyl (C=O) groups excluding carboxylic acids is 1. The molecule has 0 radical (unpaired) electrons. The fourth-order valence-corrected chi connectivity index (χ4v) is 3.75. The molecule has 0 bridgehead atoms. The summed E-state index contributed by atoms with van der Waals surface area (Å²) in [6.45, 7) is 3.62. The predicted molar refractivity (Wildman–Crippen MR) is 141 cm³/mol. The molecule has 0 fully saturated rings. The highest BCUT2D eigenvalue weighted by Crippen LogP contribution is 2.27. The van der Waals surface area contributed by atoms with Crippen LogP contribution in [-0.4, -0.2) is 46.9 Å². The molecule has 0 aliphatic rings. The third kappa shape index (κ3) is 6.00. The van der Waals surface area contributed by atoms with E-state index in [4.69, 9.17) is 4.74 Å². The van der Waals surface area contributed by atoms with E-state index < -0.39 is 12.1 Å². The summed E-state index contributed by atoms with van der Waals surface area (Å²) < 4.78 is 5.42. The molecule has 4 rings (SSSR count). The third-order valence-corrected chi connectivity index (χ3v) is 5.64. The van der Waals surface area contributed by atoms with Crippen LogP contribution in [0, 0.1) is 13.8 Å². The maximum atomic E-state index is 12.5. The molecule has 2 aromatic heterocycles. The van der Waals surface area contributed by atoms with E-state index >= 15 is 0 Å². The predicted octanol–water partition coefficient (Wildman–Crippen LogP) is 4.72. The monoisotopic (exact) mass is 486 g/mol. The molecule has 2 aromatic carbocycles. The van der Waals surface area contributed by atoms with E-state index in [1.54, 1.807) is 18.5 Å². The van der Waals surface area contributed by atoms with Gasteiger partial charge in [0.25, 0.3) is 0 Å². The minimum absolute atomic E-state index is 0.248. The van der Waals surface area contributed by atoms with Crippen molar-refractivity contribution in [3.63, 3.8) is 0 Å². The van der Waals surface area contributed by atoms with Gasteiger partial charge in [-0.15, -0.1) is 0 Å². The third-order valence-electron chi connectivity index (χ3n) is 5.64. The molecule has 4 aromatic rings. The molecule has 9 heteroatoms. The van der Waals surface area contributed by atoms with Crippen LogP contribution in [0.15, 0.2) is 67.0 Å². The normalized spacial score (nSPS) is 11.6. The number of benzene rings is 2. The molecule has 0 saturated carbocycles. The Balaban J connectivity index is 1.46. The lowest BCUT2D eigenvalue weighted by atomic mass is 10.1. The van der Waals surface area contributed by atoms with E-state index in [2.05, 4.69) is 25.6 Å². The molecule has 4 N–H and O–H groups in total. The lowest BCUT2D eigenvalue weighted by Gasteiger charge is -2.16. The van der Waals surface area contributed by atoms with E-state index in [0.717, 1.165) is 33.6 Å². The van der Waals surface area contributed by atoms with E-state index in [0.29, 0.717) is 11.6 Å². The summed E-state index contributed by atoms with van der Waals surface area (Å²) in [6, 6.07) is 16.7. The van der Waals surface area contributed by atoms with Gasteiger partial charge in [0.05, 0.1) is 18.3 Å². The highest BCUT2D eigenvalue weighted by Gasteiger charge is 2.17. The number of carbonyl (C=O) groups is 1. The van der Waals surface area contributed by atoms with Crippen molar-refractivity contribution in [3.8, 4) is 17.1 Å². The summed E-state index contributed by atoms with van der Waals surface area (Å²) in [5.74, 6) is 0.714. The van der Waals surface area contributed by atoms with Gasteiger partial charge in [-0.25, -0.2) is 14.8 Å². The Hall–Kier alpha value is -4.37. The first-order valence-corrected chi connectivity index (χ1v) is 11.5. The minimum Gasteiger partial charge on any atom is -0.394 e. The van der Waals surface area contributed by atoms with E-state index in [1.165, 1.54) is 0 Å². The van der Waals surface area contributed by atoms with Gasteiger partial charge in [-0.05, 0) is 43.2 Å².